The summed E-state index contributed by atoms with van der Waals surface area (Å²) in [5, 5.41) is 6.50. The topological polar surface area (TPSA) is 79.8 Å². The number of nitrogens with one attached hydrogen (secondary N) is 2. The third kappa shape index (κ3) is 9.24. The molecule has 27 heavy (non-hydrogen) atoms. The van der Waals surface area contributed by atoms with Gasteiger partial charge in [0.1, 0.15) is 0 Å². The van der Waals surface area contributed by atoms with Gasteiger partial charge in [-0.3, -0.25) is 4.99 Å². The zero-order valence-electron chi connectivity index (χ0n) is 17.1. The summed E-state index contributed by atoms with van der Waals surface area (Å²) in [6.07, 6.45) is 1.61. The van der Waals surface area contributed by atoms with Crippen molar-refractivity contribution in [3.8, 4) is 0 Å². The second-order valence-corrected chi connectivity index (χ2v) is 8.81. The quantitative estimate of drug-likeness (QED) is 0.322. The molecule has 0 amide bonds. The highest BCUT2D eigenvalue weighted by molar-refractivity contribution is 7.91. The molecule has 0 aliphatic rings. The Bertz CT molecular complexity index is 646. The van der Waals surface area contributed by atoms with E-state index in [1.165, 1.54) is 0 Å². The van der Waals surface area contributed by atoms with Gasteiger partial charge < -0.3 is 15.4 Å². The van der Waals surface area contributed by atoms with E-state index >= 15 is 0 Å². The van der Waals surface area contributed by atoms with Gasteiger partial charge in [0.15, 0.2) is 15.8 Å². The lowest BCUT2D eigenvalue weighted by Crippen LogP contribution is -2.39. The van der Waals surface area contributed by atoms with Crippen molar-refractivity contribution in [3.05, 3.63) is 30.3 Å². The van der Waals surface area contributed by atoms with Crippen LogP contribution in [-0.4, -0.2) is 52.5 Å². The molecule has 0 aliphatic heterocycles. The van der Waals surface area contributed by atoms with Gasteiger partial charge in [0.25, 0.3) is 0 Å². The Morgan fingerprint density at radius 3 is 2.44 bits per heavy atom. The monoisotopic (exact) mass is 397 g/mol. The van der Waals surface area contributed by atoms with E-state index in [4.69, 9.17) is 4.74 Å². The highest BCUT2D eigenvalue weighted by Gasteiger charge is 2.14. The summed E-state index contributed by atoms with van der Waals surface area (Å²) >= 11 is 0. The standard InChI is InChI=1S/C20H35N3O3S/c1-5-21-20(23-15-13-19(17(3)4)26-6-2)22-14-10-16-27(24,25)18-11-8-7-9-12-18/h7-9,11-12,17,19H,5-6,10,13-16H2,1-4H3,(H2,21,22,23). The van der Waals surface area contributed by atoms with Crippen molar-refractivity contribution in [2.75, 3.05) is 32.0 Å². The number of nitrogens with zero attached hydrogens (tertiary/aromatic N) is 1. The summed E-state index contributed by atoms with van der Waals surface area (Å²) in [6.45, 7) is 11.0. The van der Waals surface area contributed by atoms with E-state index in [9.17, 15) is 8.42 Å². The summed E-state index contributed by atoms with van der Waals surface area (Å²) in [4.78, 5) is 4.86. The van der Waals surface area contributed by atoms with E-state index in [2.05, 4.69) is 29.5 Å². The van der Waals surface area contributed by atoms with E-state index in [0.29, 0.717) is 36.3 Å². The molecule has 6 nitrogen and oxygen atoms in total. The Balaban J connectivity index is 2.47. The molecule has 0 fully saturated rings. The van der Waals surface area contributed by atoms with Gasteiger partial charge in [0, 0.05) is 26.2 Å². The molecule has 0 spiro atoms. The molecule has 0 aromatic heterocycles. The third-order valence-corrected chi connectivity index (χ3v) is 5.95. The highest BCUT2D eigenvalue weighted by atomic mass is 32.2. The Kier molecular flexibility index (Phi) is 11.0. The van der Waals surface area contributed by atoms with Crippen molar-refractivity contribution < 1.29 is 13.2 Å². The second-order valence-electron chi connectivity index (χ2n) is 6.70. The average molecular weight is 398 g/mol. The van der Waals surface area contributed by atoms with E-state index in [-0.39, 0.29) is 11.9 Å². The minimum atomic E-state index is -3.24. The van der Waals surface area contributed by atoms with Crippen LogP contribution < -0.4 is 10.6 Å². The summed E-state index contributed by atoms with van der Waals surface area (Å²) in [7, 11) is -3.24. The molecule has 0 radical (unpaired) electrons. The number of aliphatic imine (C=N–C) groups is 1. The Hall–Kier alpha value is -1.60. The van der Waals surface area contributed by atoms with Crippen LogP contribution in [0.1, 0.15) is 40.5 Å². The molecule has 0 aliphatic carbocycles. The average Bonchev–Trinajstić information content (AvgIpc) is 2.65. The molecule has 1 aromatic carbocycles. The summed E-state index contributed by atoms with van der Waals surface area (Å²) in [6, 6.07) is 8.56. The lowest BCUT2D eigenvalue weighted by atomic mass is 10.0. The smallest absolute Gasteiger partial charge is 0.191 e. The minimum Gasteiger partial charge on any atom is -0.378 e. The van der Waals surface area contributed by atoms with Crippen LogP contribution in [-0.2, 0) is 14.6 Å². The van der Waals surface area contributed by atoms with Gasteiger partial charge in [-0.2, -0.15) is 0 Å². The Morgan fingerprint density at radius 2 is 1.85 bits per heavy atom. The molecule has 1 unspecified atom stereocenters. The molecule has 1 aromatic rings. The first-order valence-electron chi connectivity index (χ1n) is 9.82. The van der Waals surface area contributed by atoms with Gasteiger partial charge in [-0.25, -0.2) is 8.42 Å². The molecule has 154 valence electrons. The summed E-state index contributed by atoms with van der Waals surface area (Å²) in [5.41, 5.74) is 0. The molecular weight excluding hydrogens is 362 g/mol. The Morgan fingerprint density at radius 1 is 1.15 bits per heavy atom. The third-order valence-electron chi connectivity index (χ3n) is 4.13. The number of sulfone groups is 1. The van der Waals surface area contributed by atoms with Crippen molar-refractivity contribution in [2.45, 2.75) is 51.5 Å². The van der Waals surface area contributed by atoms with Crippen molar-refractivity contribution in [1.82, 2.24) is 10.6 Å². The predicted molar refractivity (Wildman–Crippen MR) is 112 cm³/mol. The maximum Gasteiger partial charge on any atom is 0.191 e. The molecule has 2 N–H and O–H groups in total. The Labute approximate surface area is 164 Å². The molecule has 0 bridgehead atoms. The lowest BCUT2D eigenvalue weighted by molar-refractivity contribution is 0.0258. The fourth-order valence-electron chi connectivity index (χ4n) is 2.69. The molecule has 1 atom stereocenters. The first-order valence-corrected chi connectivity index (χ1v) is 11.5. The van der Waals surface area contributed by atoms with E-state index in [1.807, 2.05) is 19.9 Å². The number of hydrogen-bond donors (Lipinski definition) is 2. The normalized spacial score (nSPS) is 13.6. The first-order chi connectivity index (χ1) is 12.9. The molecule has 7 heteroatoms. The maximum atomic E-state index is 12.3. The van der Waals surface area contributed by atoms with Crippen molar-refractivity contribution in [1.29, 1.82) is 0 Å². The van der Waals surface area contributed by atoms with E-state index in [0.717, 1.165) is 19.5 Å². The van der Waals surface area contributed by atoms with Crippen LogP contribution in [0.2, 0.25) is 0 Å². The van der Waals surface area contributed by atoms with Crippen LogP contribution in [0.3, 0.4) is 0 Å². The second kappa shape index (κ2) is 12.7. The number of hydrogen-bond acceptors (Lipinski definition) is 4. The molecule has 0 saturated carbocycles. The van der Waals surface area contributed by atoms with Crippen molar-refractivity contribution in [2.24, 2.45) is 10.9 Å². The van der Waals surface area contributed by atoms with Crippen LogP contribution in [0.5, 0.6) is 0 Å². The number of guanidine groups is 1. The molecule has 0 saturated heterocycles. The summed E-state index contributed by atoms with van der Waals surface area (Å²) in [5.74, 6) is 1.28. The van der Waals surface area contributed by atoms with Gasteiger partial charge in [-0.15, -0.1) is 0 Å². The van der Waals surface area contributed by atoms with E-state index < -0.39 is 9.84 Å². The van der Waals surface area contributed by atoms with Crippen molar-refractivity contribution >= 4 is 15.8 Å². The fraction of sp³-hybridized carbons (Fsp3) is 0.650. The predicted octanol–water partition coefficient (Wildman–Crippen LogP) is 2.86. The largest absolute Gasteiger partial charge is 0.378 e. The number of ether oxygens (including phenoxy) is 1. The summed E-state index contributed by atoms with van der Waals surface area (Å²) < 4.78 is 30.3. The zero-order chi connectivity index (χ0) is 20.1. The fourth-order valence-corrected chi connectivity index (χ4v) is 4.01. The minimum absolute atomic E-state index is 0.0969. The van der Waals surface area contributed by atoms with Crippen LogP contribution in [0.4, 0.5) is 0 Å². The van der Waals surface area contributed by atoms with Gasteiger partial charge >= 0.3 is 0 Å². The lowest BCUT2D eigenvalue weighted by Gasteiger charge is -2.21. The number of rotatable bonds is 12. The molecular formula is C20H35N3O3S. The van der Waals surface area contributed by atoms with Crippen LogP contribution >= 0.6 is 0 Å². The van der Waals surface area contributed by atoms with Gasteiger partial charge in [0.05, 0.1) is 16.8 Å². The van der Waals surface area contributed by atoms with Crippen LogP contribution in [0.15, 0.2) is 40.2 Å². The van der Waals surface area contributed by atoms with Crippen molar-refractivity contribution in [3.63, 3.8) is 0 Å². The van der Waals surface area contributed by atoms with E-state index in [1.54, 1.807) is 24.3 Å². The highest BCUT2D eigenvalue weighted by Crippen LogP contribution is 2.11. The zero-order valence-corrected chi connectivity index (χ0v) is 17.9. The molecule has 1 rings (SSSR count). The van der Waals surface area contributed by atoms with Gasteiger partial charge in [-0.05, 0) is 44.7 Å². The first kappa shape index (κ1) is 23.4. The maximum absolute atomic E-state index is 12.3. The SMILES string of the molecule is CCNC(=NCCCS(=O)(=O)c1ccccc1)NCCC(OCC)C(C)C. The van der Waals surface area contributed by atoms with Crippen LogP contribution in [0, 0.1) is 5.92 Å². The number of benzene rings is 1. The molecule has 0 heterocycles. The van der Waals surface area contributed by atoms with Crippen LogP contribution in [0.25, 0.3) is 0 Å². The van der Waals surface area contributed by atoms with Gasteiger partial charge in [0.2, 0.25) is 0 Å². The van der Waals surface area contributed by atoms with Gasteiger partial charge in [-0.1, -0.05) is 32.0 Å².